The summed E-state index contributed by atoms with van der Waals surface area (Å²) >= 11 is 3.48. The summed E-state index contributed by atoms with van der Waals surface area (Å²) < 4.78 is 1.09. The quantitative estimate of drug-likeness (QED) is 0.887. The number of aromatic nitrogens is 4. The van der Waals surface area contributed by atoms with Gasteiger partial charge in [-0.25, -0.2) is 0 Å². The Bertz CT molecular complexity index is 457. The van der Waals surface area contributed by atoms with E-state index in [2.05, 4.69) is 60.9 Å². The van der Waals surface area contributed by atoms with Crippen molar-refractivity contribution in [3.63, 3.8) is 0 Å². The van der Waals surface area contributed by atoms with Gasteiger partial charge >= 0.3 is 0 Å². The molecule has 0 fully saturated rings. The molecule has 0 radical (unpaired) electrons. The molecule has 2 aromatic rings. The topological polar surface area (TPSA) is 66.5 Å². The minimum absolute atomic E-state index is 0.297. The van der Waals surface area contributed by atoms with Crippen molar-refractivity contribution in [2.45, 2.75) is 25.9 Å². The second-order valence-corrected chi connectivity index (χ2v) is 4.64. The van der Waals surface area contributed by atoms with Crippen LogP contribution < -0.4 is 5.32 Å². The molecule has 0 aliphatic rings. The van der Waals surface area contributed by atoms with Crippen molar-refractivity contribution >= 4 is 15.9 Å². The predicted molar refractivity (Wildman–Crippen MR) is 68.2 cm³/mol. The molecule has 5 nitrogen and oxygen atoms in total. The molecule has 1 unspecified atom stereocenters. The Morgan fingerprint density at radius 2 is 2.35 bits per heavy atom. The second kappa shape index (κ2) is 5.88. The van der Waals surface area contributed by atoms with E-state index in [1.807, 2.05) is 12.1 Å². The Hall–Kier alpha value is -1.27. The smallest absolute Gasteiger partial charge is 0.188 e. The molecule has 0 bridgehead atoms. The van der Waals surface area contributed by atoms with E-state index in [1.165, 1.54) is 5.56 Å². The Kier molecular flexibility index (Phi) is 4.22. The summed E-state index contributed by atoms with van der Waals surface area (Å²) in [7, 11) is 0. The monoisotopic (exact) mass is 295 g/mol. The SMILES string of the molecule is CCC(NCc1nn[nH]n1)c1cccc(Br)c1. The zero-order valence-electron chi connectivity index (χ0n) is 9.52. The van der Waals surface area contributed by atoms with Gasteiger partial charge in [0.1, 0.15) is 0 Å². The number of aromatic amines is 1. The highest BCUT2D eigenvalue weighted by Crippen LogP contribution is 2.20. The minimum Gasteiger partial charge on any atom is -0.303 e. The number of nitrogens with one attached hydrogen (secondary N) is 2. The highest BCUT2D eigenvalue weighted by Gasteiger charge is 2.09. The summed E-state index contributed by atoms with van der Waals surface area (Å²) in [4.78, 5) is 0. The molecule has 1 atom stereocenters. The number of benzene rings is 1. The van der Waals surface area contributed by atoms with Crippen molar-refractivity contribution in [3.05, 3.63) is 40.1 Å². The van der Waals surface area contributed by atoms with Crippen LogP contribution in [0, 0.1) is 0 Å². The van der Waals surface area contributed by atoms with Crippen molar-refractivity contribution in [2.75, 3.05) is 0 Å². The first-order chi connectivity index (χ1) is 8.29. The third-order valence-corrected chi connectivity index (χ3v) is 3.05. The molecule has 2 rings (SSSR count). The van der Waals surface area contributed by atoms with Crippen LogP contribution in [0.1, 0.15) is 30.8 Å². The summed E-state index contributed by atoms with van der Waals surface area (Å²) in [6.45, 7) is 2.76. The number of hydrogen-bond donors (Lipinski definition) is 2. The van der Waals surface area contributed by atoms with Crippen LogP contribution in [0.5, 0.6) is 0 Å². The van der Waals surface area contributed by atoms with E-state index in [1.54, 1.807) is 0 Å². The molecule has 0 spiro atoms. The fourth-order valence-electron chi connectivity index (χ4n) is 1.69. The van der Waals surface area contributed by atoms with Crippen LogP contribution in [0.25, 0.3) is 0 Å². The lowest BCUT2D eigenvalue weighted by Crippen LogP contribution is -2.21. The van der Waals surface area contributed by atoms with Gasteiger partial charge in [-0.05, 0) is 24.1 Å². The van der Waals surface area contributed by atoms with Crippen molar-refractivity contribution in [1.29, 1.82) is 0 Å². The van der Waals surface area contributed by atoms with Gasteiger partial charge in [0.2, 0.25) is 0 Å². The number of halogens is 1. The normalized spacial score (nSPS) is 12.6. The van der Waals surface area contributed by atoms with Gasteiger partial charge in [-0.3, -0.25) is 0 Å². The largest absolute Gasteiger partial charge is 0.303 e. The van der Waals surface area contributed by atoms with Gasteiger partial charge in [-0.2, -0.15) is 5.21 Å². The highest BCUT2D eigenvalue weighted by atomic mass is 79.9. The standard InChI is InChI=1S/C11H14BrN5/c1-2-10(8-4-3-5-9(12)6-8)13-7-11-14-16-17-15-11/h3-6,10,13H,2,7H2,1H3,(H,14,15,16,17). The van der Waals surface area contributed by atoms with Crippen LogP contribution in [0.15, 0.2) is 28.7 Å². The van der Waals surface area contributed by atoms with Gasteiger partial charge in [-0.1, -0.05) is 40.2 Å². The third kappa shape index (κ3) is 3.34. The van der Waals surface area contributed by atoms with Crippen LogP contribution in [0.2, 0.25) is 0 Å². The molecule has 1 heterocycles. The van der Waals surface area contributed by atoms with Gasteiger partial charge in [0.05, 0.1) is 6.54 Å². The molecule has 17 heavy (non-hydrogen) atoms. The second-order valence-electron chi connectivity index (χ2n) is 3.72. The predicted octanol–water partition coefficient (Wildman–Crippen LogP) is 2.20. The molecule has 0 saturated carbocycles. The molecule has 2 N–H and O–H groups in total. The fraction of sp³-hybridized carbons (Fsp3) is 0.364. The summed E-state index contributed by atoms with van der Waals surface area (Å²) in [6.07, 6.45) is 1.01. The van der Waals surface area contributed by atoms with E-state index in [0.29, 0.717) is 18.4 Å². The van der Waals surface area contributed by atoms with E-state index in [9.17, 15) is 0 Å². The average molecular weight is 296 g/mol. The number of H-pyrrole nitrogens is 1. The maximum absolute atomic E-state index is 3.91. The molecule has 0 saturated heterocycles. The minimum atomic E-state index is 0.297. The number of hydrogen-bond acceptors (Lipinski definition) is 4. The lowest BCUT2D eigenvalue weighted by atomic mass is 10.0. The summed E-state index contributed by atoms with van der Waals surface area (Å²) in [5.74, 6) is 0.679. The van der Waals surface area contributed by atoms with Gasteiger partial charge in [0.25, 0.3) is 0 Å². The molecule has 1 aromatic carbocycles. The number of nitrogens with zero attached hydrogens (tertiary/aromatic N) is 3. The first kappa shape index (κ1) is 12.2. The van der Waals surface area contributed by atoms with Gasteiger partial charge in [-0.15, -0.1) is 10.2 Å². The Balaban J connectivity index is 2.01. The van der Waals surface area contributed by atoms with Crippen molar-refractivity contribution < 1.29 is 0 Å². The maximum Gasteiger partial charge on any atom is 0.188 e. The highest BCUT2D eigenvalue weighted by molar-refractivity contribution is 9.10. The van der Waals surface area contributed by atoms with Crippen molar-refractivity contribution in [2.24, 2.45) is 0 Å². The van der Waals surface area contributed by atoms with Gasteiger partial charge in [0.15, 0.2) is 5.82 Å². The van der Waals surface area contributed by atoms with Crippen LogP contribution in [-0.4, -0.2) is 20.6 Å². The Morgan fingerprint density at radius 3 is 3.00 bits per heavy atom. The lowest BCUT2D eigenvalue weighted by Gasteiger charge is -2.16. The summed E-state index contributed by atoms with van der Waals surface area (Å²) in [5.41, 5.74) is 1.25. The molecular formula is C11H14BrN5. The molecule has 0 aliphatic heterocycles. The van der Waals surface area contributed by atoms with E-state index in [4.69, 9.17) is 0 Å². The Morgan fingerprint density at radius 1 is 1.47 bits per heavy atom. The zero-order valence-corrected chi connectivity index (χ0v) is 11.1. The first-order valence-electron chi connectivity index (χ1n) is 5.50. The molecule has 90 valence electrons. The molecule has 6 heteroatoms. The molecule has 0 aliphatic carbocycles. The van der Waals surface area contributed by atoms with E-state index >= 15 is 0 Å². The van der Waals surface area contributed by atoms with Crippen molar-refractivity contribution in [1.82, 2.24) is 25.9 Å². The molecule has 1 aromatic heterocycles. The Labute approximate surface area is 108 Å². The van der Waals surface area contributed by atoms with Gasteiger partial charge in [0, 0.05) is 10.5 Å². The first-order valence-corrected chi connectivity index (χ1v) is 6.30. The van der Waals surface area contributed by atoms with E-state index < -0.39 is 0 Å². The number of rotatable bonds is 5. The van der Waals surface area contributed by atoms with Crippen molar-refractivity contribution in [3.8, 4) is 0 Å². The lowest BCUT2D eigenvalue weighted by molar-refractivity contribution is 0.508. The zero-order chi connectivity index (χ0) is 12.1. The maximum atomic E-state index is 3.91. The van der Waals surface area contributed by atoms with E-state index in [0.717, 1.165) is 10.9 Å². The van der Waals surface area contributed by atoms with Crippen LogP contribution >= 0.6 is 15.9 Å². The van der Waals surface area contributed by atoms with Crippen LogP contribution in [0.4, 0.5) is 0 Å². The van der Waals surface area contributed by atoms with Crippen LogP contribution in [0.3, 0.4) is 0 Å². The summed E-state index contributed by atoms with van der Waals surface area (Å²) in [5, 5.41) is 17.2. The van der Waals surface area contributed by atoms with E-state index in [-0.39, 0.29) is 0 Å². The fourth-order valence-corrected chi connectivity index (χ4v) is 2.11. The number of tetrazole rings is 1. The third-order valence-electron chi connectivity index (χ3n) is 2.56. The average Bonchev–Trinajstić information content (AvgIpc) is 2.83. The summed E-state index contributed by atoms with van der Waals surface area (Å²) in [6, 6.07) is 8.60. The van der Waals surface area contributed by atoms with Gasteiger partial charge < -0.3 is 5.32 Å². The molecule has 0 amide bonds. The molecular weight excluding hydrogens is 282 g/mol. The van der Waals surface area contributed by atoms with Crippen LogP contribution in [-0.2, 0) is 6.54 Å².